The second kappa shape index (κ2) is 3.39. The molecule has 0 saturated heterocycles. The highest BCUT2D eigenvalue weighted by atomic mass is 32.2. The van der Waals surface area contributed by atoms with Crippen molar-refractivity contribution in [3.8, 4) is 0 Å². The van der Waals surface area contributed by atoms with Crippen molar-refractivity contribution in [3.05, 3.63) is 0 Å². The van der Waals surface area contributed by atoms with Crippen molar-refractivity contribution in [1.29, 1.82) is 0 Å². The summed E-state index contributed by atoms with van der Waals surface area (Å²) in [5.41, 5.74) is 0. The van der Waals surface area contributed by atoms with Crippen LogP contribution in [0.3, 0.4) is 0 Å². The first-order chi connectivity index (χ1) is 3.93. The van der Waals surface area contributed by atoms with Gasteiger partial charge in [-0.2, -0.15) is 11.8 Å². The van der Waals surface area contributed by atoms with E-state index in [0.29, 0.717) is 0 Å². The van der Waals surface area contributed by atoms with Crippen LogP contribution in [0.4, 0.5) is 0 Å². The fraction of sp³-hybridized carbons (Fsp3) is 1.00. The minimum atomic E-state index is 1.12. The highest BCUT2D eigenvalue weighted by Gasteiger charge is 2.20. The third kappa shape index (κ3) is 2.61. The van der Waals surface area contributed by atoms with E-state index in [4.69, 9.17) is 0 Å². The molecule has 1 aliphatic rings. The number of rotatable bonds is 4. The third-order valence-corrected chi connectivity index (χ3v) is 2.80. The molecular weight excluding hydrogens is 116 g/mol. The predicted molar refractivity (Wildman–Crippen MR) is 40.3 cm³/mol. The zero-order valence-electron chi connectivity index (χ0n) is 5.52. The second-order valence-electron chi connectivity index (χ2n) is 2.52. The first-order valence-electron chi connectivity index (χ1n) is 3.51. The van der Waals surface area contributed by atoms with Gasteiger partial charge in [0.2, 0.25) is 0 Å². The van der Waals surface area contributed by atoms with Gasteiger partial charge >= 0.3 is 0 Å². The Morgan fingerprint density at radius 3 is 2.75 bits per heavy atom. The molecule has 0 atom stereocenters. The lowest BCUT2D eigenvalue weighted by atomic mass is 10.5. The van der Waals surface area contributed by atoms with E-state index in [2.05, 4.69) is 18.7 Å². The molecule has 0 aromatic carbocycles. The molecule has 0 heterocycles. The molecule has 0 aromatic heterocycles. The summed E-state index contributed by atoms with van der Waals surface area (Å²) in [6, 6.07) is 0. The second-order valence-corrected chi connectivity index (χ2v) is 3.67. The van der Waals surface area contributed by atoms with Crippen molar-refractivity contribution in [2.75, 3.05) is 11.5 Å². The van der Waals surface area contributed by atoms with Gasteiger partial charge < -0.3 is 0 Å². The van der Waals surface area contributed by atoms with E-state index < -0.39 is 0 Å². The van der Waals surface area contributed by atoms with Crippen molar-refractivity contribution in [3.63, 3.8) is 0 Å². The number of hydrogen-bond donors (Lipinski definition) is 0. The monoisotopic (exact) mass is 130 g/mol. The summed E-state index contributed by atoms with van der Waals surface area (Å²) in [4.78, 5) is 0. The molecule has 0 unspecified atom stereocenters. The van der Waals surface area contributed by atoms with Crippen molar-refractivity contribution < 1.29 is 0 Å². The van der Waals surface area contributed by atoms with Crippen molar-refractivity contribution in [2.45, 2.75) is 26.2 Å². The van der Waals surface area contributed by atoms with Gasteiger partial charge in [-0.15, -0.1) is 0 Å². The maximum atomic E-state index is 2.25. The van der Waals surface area contributed by atoms with E-state index in [1.165, 1.54) is 30.8 Å². The summed E-state index contributed by atoms with van der Waals surface area (Å²) in [6.45, 7) is 2.25. The van der Waals surface area contributed by atoms with E-state index in [1.54, 1.807) is 0 Å². The molecule has 48 valence electrons. The normalized spacial score (nSPS) is 19.1. The van der Waals surface area contributed by atoms with E-state index in [9.17, 15) is 0 Å². The first kappa shape index (κ1) is 6.47. The van der Waals surface area contributed by atoms with Crippen molar-refractivity contribution >= 4 is 11.8 Å². The maximum Gasteiger partial charge on any atom is -0.00391 e. The summed E-state index contributed by atoms with van der Waals surface area (Å²) < 4.78 is 0. The summed E-state index contributed by atoms with van der Waals surface area (Å²) in [6.07, 6.45) is 4.37. The van der Waals surface area contributed by atoms with Gasteiger partial charge in [0.1, 0.15) is 0 Å². The van der Waals surface area contributed by atoms with Gasteiger partial charge in [-0.05, 0) is 36.7 Å². The van der Waals surface area contributed by atoms with E-state index in [-0.39, 0.29) is 0 Å². The topological polar surface area (TPSA) is 0 Å². The van der Waals surface area contributed by atoms with E-state index >= 15 is 0 Å². The van der Waals surface area contributed by atoms with Gasteiger partial charge in [0.15, 0.2) is 0 Å². The summed E-state index contributed by atoms with van der Waals surface area (Å²) in [5, 5.41) is 0. The van der Waals surface area contributed by atoms with Crippen LogP contribution in [-0.4, -0.2) is 11.5 Å². The first-order valence-corrected chi connectivity index (χ1v) is 4.66. The molecule has 0 aromatic rings. The van der Waals surface area contributed by atoms with Gasteiger partial charge in [-0.25, -0.2) is 0 Å². The van der Waals surface area contributed by atoms with Crippen LogP contribution in [0.15, 0.2) is 0 Å². The zero-order valence-corrected chi connectivity index (χ0v) is 6.34. The Morgan fingerprint density at radius 2 is 2.25 bits per heavy atom. The van der Waals surface area contributed by atoms with Crippen molar-refractivity contribution in [2.24, 2.45) is 5.92 Å². The molecule has 1 saturated carbocycles. The smallest absolute Gasteiger partial charge is 0.00391 e. The van der Waals surface area contributed by atoms with Gasteiger partial charge in [0, 0.05) is 0 Å². The van der Waals surface area contributed by atoms with Gasteiger partial charge in [-0.1, -0.05) is 6.92 Å². The van der Waals surface area contributed by atoms with Crippen LogP contribution in [0.5, 0.6) is 0 Å². The average Bonchev–Trinajstić information content (AvgIpc) is 2.51. The van der Waals surface area contributed by atoms with Crippen LogP contribution in [0.2, 0.25) is 0 Å². The lowest BCUT2D eigenvalue weighted by Gasteiger charge is -1.93. The van der Waals surface area contributed by atoms with Crippen molar-refractivity contribution in [1.82, 2.24) is 0 Å². The Balaban J connectivity index is 1.74. The minimum Gasteiger partial charge on any atom is -0.162 e. The molecular formula is C7H14S. The SMILES string of the molecule is CCCSCC1CC1. The third-order valence-electron chi connectivity index (χ3n) is 1.40. The van der Waals surface area contributed by atoms with E-state index in [0.717, 1.165) is 5.92 Å². The van der Waals surface area contributed by atoms with Crippen LogP contribution < -0.4 is 0 Å². The average molecular weight is 130 g/mol. The van der Waals surface area contributed by atoms with Gasteiger partial charge in [0.25, 0.3) is 0 Å². The number of thioether (sulfide) groups is 1. The van der Waals surface area contributed by atoms with Crippen LogP contribution in [0, 0.1) is 5.92 Å². The Labute approximate surface area is 56.0 Å². The molecule has 0 spiro atoms. The Hall–Kier alpha value is 0.350. The molecule has 0 aliphatic heterocycles. The molecule has 1 aliphatic carbocycles. The summed E-state index contributed by atoms with van der Waals surface area (Å²) >= 11 is 2.12. The molecule has 0 N–H and O–H groups in total. The van der Waals surface area contributed by atoms with Crippen LogP contribution in [0.25, 0.3) is 0 Å². The molecule has 0 amide bonds. The largest absolute Gasteiger partial charge is 0.162 e. The fourth-order valence-corrected chi connectivity index (χ4v) is 1.80. The lowest BCUT2D eigenvalue weighted by molar-refractivity contribution is 0.994. The van der Waals surface area contributed by atoms with Crippen LogP contribution in [-0.2, 0) is 0 Å². The quantitative estimate of drug-likeness (QED) is 0.527. The summed E-state index contributed by atoms with van der Waals surface area (Å²) in [5.74, 6) is 3.93. The molecule has 0 radical (unpaired) electrons. The Morgan fingerprint density at radius 1 is 1.50 bits per heavy atom. The van der Waals surface area contributed by atoms with Crippen LogP contribution in [0.1, 0.15) is 26.2 Å². The lowest BCUT2D eigenvalue weighted by Crippen LogP contribution is -1.81. The molecule has 8 heavy (non-hydrogen) atoms. The van der Waals surface area contributed by atoms with E-state index in [1.807, 2.05) is 0 Å². The summed E-state index contributed by atoms with van der Waals surface area (Å²) in [7, 11) is 0. The highest BCUT2D eigenvalue weighted by molar-refractivity contribution is 7.99. The standard InChI is InChI=1S/C7H14S/c1-2-5-8-6-7-3-4-7/h7H,2-6H2,1H3. The predicted octanol–water partition coefficient (Wildman–Crippen LogP) is 2.54. The van der Waals surface area contributed by atoms with Gasteiger partial charge in [-0.3, -0.25) is 0 Å². The van der Waals surface area contributed by atoms with Crippen LogP contribution >= 0.6 is 11.8 Å². The minimum absolute atomic E-state index is 1.12. The maximum absolute atomic E-state index is 2.25. The molecule has 1 rings (SSSR count). The zero-order chi connectivity index (χ0) is 5.82. The number of hydrogen-bond acceptors (Lipinski definition) is 1. The Kier molecular flexibility index (Phi) is 2.74. The highest BCUT2D eigenvalue weighted by Crippen LogP contribution is 2.32. The molecule has 0 bridgehead atoms. The molecule has 1 heteroatoms. The Bertz CT molecular complexity index is 57.4. The van der Waals surface area contributed by atoms with Gasteiger partial charge in [0.05, 0.1) is 0 Å². The fourth-order valence-electron chi connectivity index (χ4n) is 0.679. The molecule has 0 nitrogen and oxygen atoms in total. The molecule has 1 fully saturated rings.